The van der Waals surface area contributed by atoms with Gasteiger partial charge in [0.1, 0.15) is 6.33 Å². The Kier molecular flexibility index (Phi) is 4.10. The molecule has 3 aromatic rings. The third-order valence-corrected chi connectivity index (χ3v) is 4.11. The minimum Gasteiger partial charge on any atom is -0.331 e. The Morgan fingerprint density at radius 1 is 1.27 bits per heavy atom. The SMILES string of the molecule is C[C@H](NC(=O)Nc1ccc(-n2cnnn2)cc1)c1cccs1. The summed E-state index contributed by atoms with van der Waals surface area (Å²) in [6.45, 7) is 1.95. The quantitative estimate of drug-likeness (QED) is 0.775. The molecular weight excluding hydrogens is 300 g/mol. The van der Waals surface area contributed by atoms with E-state index in [-0.39, 0.29) is 12.1 Å². The molecule has 2 N–H and O–H groups in total. The number of hydrogen-bond acceptors (Lipinski definition) is 5. The van der Waals surface area contributed by atoms with E-state index >= 15 is 0 Å². The monoisotopic (exact) mass is 314 g/mol. The largest absolute Gasteiger partial charge is 0.331 e. The van der Waals surface area contributed by atoms with Gasteiger partial charge in [-0.05, 0) is 53.1 Å². The molecule has 0 aliphatic carbocycles. The van der Waals surface area contributed by atoms with Crippen molar-refractivity contribution in [1.82, 2.24) is 25.5 Å². The Morgan fingerprint density at radius 2 is 2.09 bits per heavy atom. The van der Waals surface area contributed by atoms with Gasteiger partial charge in [-0.25, -0.2) is 9.48 Å². The number of nitrogens with zero attached hydrogens (tertiary/aromatic N) is 4. The highest BCUT2D eigenvalue weighted by molar-refractivity contribution is 7.10. The van der Waals surface area contributed by atoms with Gasteiger partial charge in [-0.2, -0.15) is 0 Å². The maximum atomic E-state index is 12.0. The van der Waals surface area contributed by atoms with Crippen molar-refractivity contribution in [1.29, 1.82) is 0 Å². The molecule has 2 amide bonds. The number of carbonyl (C=O) groups is 1. The van der Waals surface area contributed by atoms with E-state index in [0.29, 0.717) is 5.69 Å². The van der Waals surface area contributed by atoms with E-state index in [2.05, 4.69) is 26.2 Å². The molecular formula is C14H14N6OS. The number of rotatable bonds is 4. The summed E-state index contributed by atoms with van der Waals surface area (Å²) in [5.74, 6) is 0. The second-order valence-electron chi connectivity index (χ2n) is 4.64. The molecule has 0 bridgehead atoms. The van der Waals surface area contributed by atoms with Gasteiger partial charge in [-0.3, -0.25) is 0 Å². The van der Waals surface area contributed by atoms with E-state index < -0.39 is 0 Å². The standard InChI is InChI=1S/C14H14N6OS/c1-10(13-3-2-8-22-13)16-14(21)17-11-4-6-12(7-5-11)20-9-15-18-19-20/h2-10H,1H3,(H2,16,17,21)/t10-/m0/s1. The van der Waals surface area contributed by atoms with Crippen molar-refractivity contribution in [3.05, 3.63) is 53.0 Å². The topological polar surface area (TPSA) is 84.7 Å². The van der Waals surface area contributed by atoms with Crippen LogP contribution >= 0.6 is 11.3 Å². The molecule has 2 aromatic heterocycles. The van der Waals surface area contributed by atoms with Gasteiger partial charge in [0.25, 0.3) is 0 Å². The van der Waals surface area contributed by atoms with Gasteiger partial charge in [0.2, 0.25) is 0 Å². The van der Waals surface area contributed by atoms with Gasteiger partial charge >= 0.3 is 6.03 Å². The average molecular weight is 314 g/mol. The van der Waals surface area contributed by atoms with E-state index in [1.807, 2.05) is 36.6 Å². The van der Waals surface area contributed by atoms with Gasteiger partial charge in [0.15, 0.2) is 0 Å². The molecule has 1 atom stereocenters. The third kappa shape index (κ3) is 3.29. The summed E-state index contributed by atoms with van der Waals surface area (Å²) < 4.78 is 1.54. The van der Waals surface area contributed by atoms with Crippen LogP contribution in [-0.4, -0.2) is 26.2 Å². The van der Waals surface area contributed by atoms with Gasteiger partial charge in [0, 0.05) is 10.6 Å². The minimum absolute atomic E-state index is 0.0273. The number of benzene rings is 1. The number of urea groups is 1. The summed E-state index contributed by atoms with van der Waals surface area (Å²) in [5, 5.41) is 18.6. The molecule has 0 spiro atoms. The van der Waals surface area contributed by atoms with E-state index in [0.717, 1.165) is 10.6 Å². The van der Waals surface area contributed by atoms with Crippen LogP contribution < -0.4 is 10.6 Å². The fraction of sp³-hybridized carbons (Fsp3) is 0.143. The molecule has 0 aliphatic heterocycles. The first kappa shape index (κ1) is 14.2. The molecule has 7 nitrogen and oxygen atoms in total. The first-order valence-electron chi connectivity index (χ1n) is 6.67. The van der Waals surface area contributed by atoms with E-state index in [4.69, 9.17) is 0 Å². The lowest BCUT2D eigenvalue weighted by Crippen LogP contribution is -2.30. The first-order chi connectivity index (χ1) is 10.7. The molecule has 8 heteroatoms. The smallest absolute Gasteiger partial charge is 0.319 e. The zero-order chi connectivity index (χ0) is 15.4. The van der Waals surface area contributed by atoms with Crippen LogP contribution in [0.25, 0.3) is 5.69 Å². The van der Waals surface area contributed by atoms with Crippen LogP contribution in [0, 0.1) is 0 Å². The van der Waals surface area contributed by atoms with Crippen LogP contribution in [0.5, 0.6) is 0 Å². The Balaban J connectivity index is 1.60. The van der Waals surface area contributed by atoms with Crippen molar-refractivity contribution in [2.75, 3.05) is 5.32 Å². The van der Waals surface area contributed by atoms with Gasteiger partial charge < -0.3 is 10.6 Å². The number of tetrazole rings is 1. The summed E-state index contributed by atoms with van der Waals surface area (Å²) in [6, 6.07) is 10.9. The van der Waals surface area contributed by atoms with Crippen molar-refractivity contribution in [2.45, 2.75) is 13.0 Å². The third-order valence-electron chi connectivity index (χ3n) is 3.06. The fourth-order valence-electron chi connectivity index (χ4n) is 1.95. The van der Waals surface area contributed by atoms with Crippen molar-refractivity contribution in [3.8, 4) is 5.69 Å². The maximum absolute atomic E-state index is 12.0. The molecule has 0 saturated carbocycles. The molecule has 1 aromatic carbocycles. The number of thiophene rings is 1. The molecule has 2 heterocycles. The molecule has 0 fully saturated rings. The van der Waals surface area contributed by atoms with E-state index in [9.17, 15) is 4.79 Å². The number of amides is 2. The van der Waals surface area contributed by atoms with E-state index in [1.165, 1.54) is 6.33 Å². The lowest BCUT2D eigenvalue weighted by Gasteiger charge is -2.13. The summed E-state index contributed by atoms with van der Waals surface area (Å²) >= 11 is 1.62. The summed E-state index contributed by atoms with van der Waals surface area (Å²) in [4.78, 5) is 13.1. The van der Waals surface area contributed by atoms with Gasteiger partial charge in [0.05, 0.1) is 11.7 Å². The zero-order valence-corrected chi connectivity index (χ0v) is 12.6. The van der Waals surface area contributed by atoms with Crippen LogP contribution in [0.1, 0.15) is 17.8 Å². The molecule has 112 valence electrons. The Hall–Kier alpha value is -2.74. The summed E-state index contributed by atoms with van der Waals surface area (Å²) in [5.41, 5.74) is 1.52. The fourth-order valence-corrected chi connectivity index (χ4v) is 2.68. The molecule has 22 heavy (non-hydrogen) atoms. The number of hydrogen-bond donors (Lipinski definition) is 2. The number of anilines is 1. The van der Waals surface area contributed by atoms with Crippen LogP contribution in [0.15, 0.2) is 48.1 Å². The Labute approximate surface area is 131 Å². The highest BCUT2D eigenvalue weighted by Crippen LogP contribution is 2.18. The first-order valence-corrected chi connectivity index (χ1v) is 7.55. The van der Waals surface area contributed by atoms with Crippen molar-refractivity contribution >= 4 is 23.1 Å². The molecule has 0 radical (unpaired) electrons. The number of carbonyl (C=O) groups excluding carboxylic acids is 1. The normalized spacial score (nSPS) is 11.9. The van der Waals surface area contributed by atoms with Crippen LogP contribution in [0.2, 0.25) is 0 Å². The second kappa shape index (κ2) is 6.35. The van der Waals surface area contributed by atoms with Gasteiger partial charge in [-0.15, -0.1) is 16.4 Å². The van der Waals surface area contributed by atoms with Crippen molar-refractivity contribution in [2.24, 2.45) is 0 Å². The maximum Gasteiger partial charge on any atom is 0.319 e. The molecule has 3 rings (SSSR count). The average Bonchev–Trinajstić information content (AvgIpc) is 3.21. The van der Waals surface area contributed by atoms with Gasteiger partial charge in [-0.1, -0.05) is 6.07 Å². The minimum atomic E-state index is -0.240. The highest BCUT2D eigenvalue weighted by Gasteiger charge is 2.10. The number of aromatic nitrogens is 4. The van der Waals surface area contributed by atoms with Crippen molar-refractivity contribution < 1.29 is 4.79 Å². The predicted molar refractivity (Wildman–Crippen MR) is 84.0 cm³/mol. The molecule has 0 saturated heterocycles. The van der Waals surface area contributed by atoms with Crippen LogP contribution in [0.4, 0.5) is 10.5 Å². The zero-order valence-electron chi connectivity index (χ0n) is 11.8. The molecule has 0 unspecified atom stereocenters. The Bertz CT molecular complexity index is 723. The Morgan fingerprint density at radius 3 is 2.73 bits per heavy atom. The van der Waals surface area contributed by atoms with E-state index in [1.54, 1.807) is 28.2 Å². The highest BCUT2D eigenvalue weighted by atomic mass is 32.1. The van der Waals surface area contributed by atoms with Crippen LogP contribution in [-0.2, 0) is 0 Å². The second-order valence-corrected chi connectivity index (χ2v) is 5.62. The lowest BCUT2D eigenvalue weighted by molar-refractivity contribution is 0.249. The summed E-state index contributed by atoms with van der Waals surface area (Å²) in [7, 11) is 0. The summed E-state index contributed by atoms with van der Waals surface area (Å²) in [6.07, 6.45) is 1.51. The van der Waals surface area contributed by atoms with Crippen LogP contribution in [0.3, 0.4) is 0 Å². The predicted octanol–water partition coefficient (Wildman–Crippen LogP) is 2.61. The number of nitrogens with one attached hydrogen (secondary N) is 2. The van der Waals surface area contributed by atoms with Crippen molar-refractivity contribution in [3.63, 3.8) is 0 Å². The lowest BCUT2D eigenvalue weighted by atomic mass is 10.2. The molecule has 0 aliphatic rings.